The molecule has 0 bridgehead atoms. The van der Waals surface area contributed by atoms with Gasteiger partial charge in [-0.25, -0.2) is 4.79 Å². The molecule has 1 unspecified atom stereocenters. The van der Waals surface area contributed by atoms with Crippen LogP contribution in [-0.2, 0) is 4.79 Å². The average Bonchev–Trinajstić information content (AvgIpc) is 2.63. The van der Waals surface area contributed by atoms with Crippen molar-refractivity contribution in [2.45, 2.75) is 16.6 Å². The Kier molecular flexibility index (Phi) is 3.82. The molecule has 1 saturated heterocycles. The monoisotopic (exact) mass is 285 g/mol. The summed E-state index contributed by atoms with van der Waals surface area (Å²) in [7, 11) is 1.77. The number of halogens is 1. The highest BCUT2D eigenvalue weighted by Crippen LogP contribution is 2.32. The molecular formula is C12H12ClNO3S. The van der Waals surface area contributed by atoms with E-state index in [0.717, 1.165) is 17.9 Å². The minimum Gasteiger partial charge on any atom is -0.478 e. The van der Waals surface area contributed by atoms with Gasteiger partial charge in [-0.2, -0.15) is 0 Å². The van der Waals surface area contributed by atoms with Crippen molar-refractivity contribution in [2.75, 3.05) is 13.6 Å². The van der Waals surface area contributed by atoms with E-state index in [4.69, 9.17) is 16.7 Å². The van der Waals surface area contributed by atoms with Crippen LogP contribution in [0.5, 0.6) is 0 Å². The van der Waals surface area contributed by atoms with Crippen LogP contribution in [0.1, 0.15) is 16.8 Å². The van der Waals surface area contributed by atoms with Crippen molar-refractivity contribution < 1.29 is 14.7 Å². The zero-order valence-electron chi connectivity index (χ0n) is 9.72. The number of nitrogens with zero attached hydrogens (tertiary/aromatic N) is 1. The van der Waals surface area contributed by atoms with Gasteiger partial charge >= 0.3 is 5.97 Å². The number of aromatic carboxylic acids is 1. The Balaban J connectivity index is 2.18. The first kappa shape index (κ1) is 13.2. The Morgan fingerprint density at radius 1 is 1.56 bits per heavy atom. The summed E-state index contributed by atoms with van der Waals surface area (Å²) in [5, 5.41) is 9.06. The SMILES string of the molecule is CN1CCC(Sc2ccc(Cl)c(C(=O)O)c2)C1=O. The highest BCUT2D eigenvalue weighted by Gasteiger charge is 2.29. The van der Waals surface area contributed by atoms with Gasteiger partial charge in [0.15, 0.2) is 0 Å². The molecule has 1 aliphatic rings. The molecule has 1 aromatic carbocycles. The van der Waals surface area contributed by atoms with Crippen LogP contribution in [0.15, 0.2) is 23.1 Å². The molecule has 1 amide bonds. The largest absolute Gasteiger partial charge is 0.478 e. The maximum atomic E-state index is 11.8. The molecule has 1 fully saturated rings. The zero-order chi connectivity index (χ0) is 13.3. The molecule has 1 aromatic rings. The average molecular weight is 286 g/mol. The lowest BCUT2D eigenvalue weighted by atomic mass is 10.2. The lowest BCUT2D eigenvalue weighted by Gasteiger charge is -2.10. The van der Waals surface area contributed by atoms with Crippen molar-refractivity contribution >= 4 is 35.2 Å². The molecule has 2 rings (SSSR count). The molecule has 18 heavy (non-hydrogen) atoms. The fourth-order valence-electron chi connectivity index (χ4n) is 1.81. The van der Waals surface area contributed by atoms with Gasteiger partial charge in [0.1, 0.15) is 0 Å². The smallest absolute Gasteiger partial charge is 0.337 e. The summed E-state index contributed by atoms with van der Waals surface area (Å²) in [4.78, 5) is 25.2. The second-order valence-corrected chi connectivity index (χ2v) is 5.79. The lowest BCUT2D eigenvalue weighted by molar-refractivity contribution is -0.126. The summed E-state index contributed by atoms with van der Waals surface area (Å²) in [5.74, 6) is -0.968. The Morgan fingerprint density at radius 3 is 2.83 bits per heavy atom. The fraction of sp³-hybridized carbons (Fsp3) is 0.333. The van der Waals surface area contributed by atoms with Crippen LogP contribution in [-0.4, -0.2) is 40.7 Å². The number of benzene rings is 1. The first-order valence-corrected chi connectivity index (χ1v) is 6.69. The van der Waals surface area contributed by atoms with E-state index in [9.17, 15) is 9.59 Å². The molecule has 0 saturated carbocycles. The topological polar surface area (TPSA) is 57.6 Å². The second-order valence-electron chi connectivity index (χ2n) is 4.10. The molecule has 0 spiro atoms. The van der Waals surface area contributed by atoms with Gasteiger partial charge in [0, 0.05) is 18.5 Å². The van der Waals surface area contributed by atoms with Crippen molar-refractivity contribution in [3.05, 3.63) is 28.8 Å². The molecule has 1 N–H and O–H groups in total. The third-order valence-corrected chi connectivity index (χ3v) is 4.40. The number of rotatable bonds is 3. The van der Waals surface area contributed by atoms with Gasteiger partial charge in [-0.3, -0.25) is 4.79 Å². The maximum absolute atomic E-state index is 11.8. The standard InChI is InChI=1S/C12H12ClNO3S/c1-14-5-4-10(11(14)15)18-7-2-3-9(13)8(6-7)12(16)17/h2-3,6,10H,4-5H2,1H3,(H,16,17). The van der Waals surface area contributed by atoms with Crippen LogP contribution in [0.3, 0.4) is 0 Å². The number of thioether (sulfide) groups is 1. The third kappa shape index (κ3) is 2.62. The third-order valence-electron chi connectivity index (χ3n) is 2.82. The first-order chi connectivity index (χ1) is 8.49. The van der Waals surface area contributed by atoms with Crippen molar-refractivity contribution in [1.29, 1.82) is 0 Å². The van der Waals surface area contributed by atoms with E-state index >= 15 is 0 Å². The van der Waals surface area contributed by atoms with Gasteiger partial charge < -0.3 is 10.0 Å². The lowest BCUT2D eigenvalue weighted by Crippen LogP contribution is -2.23. The van der Waals surface area contributed by atoms with E-state index in [-0.39, 0.29) is 21.7 Å². The number of carbonyl (C=O) groups excluding carboxylic acids is 1. The maximum Gasteiger partial charge on any atom is 0.337 e. The zero-order valence-corrected chi connectivity index (χ0v) is 11.3. The molecule has 96 valence electrons. The molecule has 0 aliphatic carbocycles. The summed E-state index contributed by atoms with van der Waals surface area (Å²) < 4.78 is 0. The van der Waals surface area contributed by atoms with Gasteiger partial charge in [0.2, 0.25) is 5.91 Å². The van der Waals surface area contributed by atoms with Crippen molar-refractivity contribution in [2.24, 2.45) is 0 Å². The molecule has 1 atom stereocenters. The van der Waals surface area contributed by atoms with Crippen LogP contribution in [0, 0.1) is 0 Å². The molecule has 1 heterocycles. The van der Waals surface area contributed by atoms with E-state index in [1.165, 1.54) is 17.8 Å². The number of carboxylic acid groups (broad SMARTS) is 1. The van der Waals surface area contributed by atoms with Gasteiger partial charge in [-0.1, -0.05) is 11.6 Å². The number of likely N-dealkylation sites (tertiary alicyclic amines) is 1. The first-order valence-electron chi connectivity index (χ1n) is 5.43. The van der Waals surface area contributed by atoms with Gasteiger partial charge in [-0.15, -0.1) is 11.8 Å². The number of carboxylic acids is 1. The Morgan fingerprint density at radius 2 is 2.28 bits per heavy atom. The van der Waals surface area contributed by atoms with Crippen LogP contribution in [0.2, 0.25) is 5.02 Å². The normalized spacial score (nSPS) is 19.3. The highest BCUT2D eigenvalue weighted by molar-refractivity contribution is 8.00. The van der Waals surface area contributed by atoms with E-state index in [1.807, 2.05) is 0 Å². The van der Waals surface area contributed by atoms with Crippen LogP contribution < -0.4 is 0 Å². The summed E-state index contributed by atoms with van der Waals surface area (Å²) >= 11 is 7.18. The van der Waals surface area contributed by atoms with E-state index in [2.05, 4.69) is 0 Å². The molecule has 0 radical (unpaired) electrons. The molecule has 1 aliphatic heterocycles. The molecular weight excluding hydrogens is 274 g/mol. The molecule has 0 aromatic heterocycles. The van der Waals surface area contributed by atoms with Crippen LogP contribution >= 0.6 is 23.4 Å². The predicted molar refractivity (Wildman–Crippen MR) is 70.3 cm³/mol. The summed E-state index contributed by atoms with van der Waals surface area (Å²) in [6.45, 7) is 0.746. The van der Waals surface area contributed by atoms with E-state index in [0.29, 0.717) is 0 Å². The van der Waals surface area contributed by atoms with E-state index < -0.39 is 5.97 Å². The number of carbonyl (C=O) groups is 2. The van der Waals surface area contributed by atoms with Crippen molar-refractivity contribution in [1.82, 2.24) is 4.90 Å². The Labute approximate surface area is 114 Å². The van der Waals surface area contributed by atoms with E-state index in [1.54, 1.807) is 24.1 Å². The number of hydrogen-bond acceptors (Lipinski definition) is 3. The number of hydrogen-bond donors (Lipinski definition) is 1. The van der Waals surface area contributed by atoms with Gasteiger partial charge in [0.05, 0.1) is 15.8 Å². The van der Waals surface area contributed by atoms with Gasteiger partial charge in [-0.05, 0) is 24.6 Å². The Hall–Kier alpha value is -1.20. The quantitative estimate of drug-likeness (QED) is 0.926. The van der Waals surface area contributed by atoms with Crippen LogP contribution in [0.4, 0.5) is 0 Å². The summed E-state index contributed by atoms with van der Waals surface area (Å²) in [6, 6.07) is 4.81. The second kappa shape index (κ2) is 5.20. The number of amides is 1. The fourth-order valence-corrected chi connectivity index (χ4v) is 3.17. The van der Waals surface area contributed by atoms with Crippen LogP contribution in [0.25, 0.3) is 0 Å². The Bertz CT molecular complexity index is 506. The predicted octanol–water partition coefficient (Wildman–Crippen LogP) is 2.36. The minimum absolute atomic E-state index is 0.0699. The molecule has 6 heteroatoms. The van der Waals surface area contributed by atoms with Crippen molar-refractivity contribution in [3.8, 4) is 0 Å². The van der Waals surface area contributed by atoms with Crippen molar-refractivity contribution in [3.63, 3.8) is 0 Å². The van der Waals surface area contributed by atoms with Gasteiger partial charge in [0.25, 0.3) is 0 Å². The summed E-state index contributed by atoms with van der Waals surface area (Å²) in [5.41, 5.74) is 0.0699. The minimum atomic E-state index is -1.06. The highest BCUT2D eigenvalue weighted by atomic mass is 35.5. The summed E-state index contributed by atoms with van der Waals surface area (Å²) in [6.07, 6.45) is 0.783. The molecule has 4 nitrogen and oxygen atoms in total.